The van der Waals surface area contributed by atoms with Crippen molar-refractivity contribution in [1.29, 1.82) is 0 Å². The molecular formula is C25H24N4O3S. The Labute approximate surface area is 193 Å². The van der Waals surface area contributed by atoms with Crippen molar-refractivity contribution >= 4 is 15.9 Å². The van der Waals surface area contributed by atoms with Crippen LogP contribution in [0.5, 0.6) is 0 Å². The van der Waals surface area contributed by atoms with E-state index in [2.05, 4.69) is 10.0 Å². The van der Waals surface area contributed by atoms with Crippen molar-refractivity contribution in [3.8, 4) is 16.9 Å². The van der Waals surface area contributed by atoms with Crippen LogP contribution >= 0.6 is 0 Å². The number of carbonyl (C=O) groups is 1. The van der Waals surface area contributed by atoms with E-state index in [1.807, 2.05) is 66.9 Å². The van der Waals surface area contributed by atoms with Crippen LogP contribution in [0.2, 0.25) is 0 Å². The lowest BCUT2D eigenvalue weighted by molar-refractivity contribution is 0.0951. The normalized spacial score (nSPS) is 11.3. The van der Waals surface area contributed by atoms with Crippen LogP contribution in [0.15, 0.2) is 96.0 Å². The van der Waals surface area contributed by atoms with Crippen LogP contribution in [0.3, 0.4) is 0 Å². The Hall–Kier alpha value is -3.75. The number of benzene rings is 3. The van der Waals surface area contributed by atoms with Crippen LogP contribution in [0, 0.1) is 0 Å². The number of nitrogens with one attached hydrogen (secondary N) is 2. The molecule has 0 saturated heterocycles. The highest BCUT2D eigenvalue weighted by atomic mass is 32.2. The molecule has 2 N–H and O–H groups in total. The summed E-state index contributed by atoms with van der Waals surface area (Å²) in [6.45, 7) is 2.28. The Balaban J connectivity index is 1.55. The summed E-state index contributed by atoms with van der Waals surface area (Å²) in [5, 5.41) is 7.67. The zero-order valence-electron chi connectivity index (χ0n) is 18.1. The molecule has 1 heterocycles. The first-order valence-electron chi connectivity index (χ1n) is 10.6. The highest BCUT2D eigenvalue weighted by Gasteiger charge is 2.16. The number of hydrogen-bond donors (Lipinski definition) is 2. The summed E-state index contributed by atoms with van der Waals surface area (Å²) < 4.78 is 28.4. The van der Waals surface area contributed by atoms with Gasteiger partial charge in [0.15, 0.2) is 0 Å². The summed E-state index contributed by atoms with van der Waals surface area (Å²) in [7, 11) is -3.56. The maximum absolute atomic E-state index is 12.7. The molecule has 0 saturated carbocycles. The molecule has 0 spiro atoms. The van der Waals surface area contributed by atoms with E-state index in [0.717, 1.165) is 22.5 Å². The van der Waals surface area contributed by atoms with Crippen molar-refractivity contribution in [3.63, 3.8) is 0 Å². The second-order valence-electron chi connectivity index (χ2n) is 7.36. The molecule has 3 aromatic carbocycles. The zero-order chi connectivity index (χ0) is 23.3. The molecule has 7 nitrogen and oxygen atoms in total. The standard InChI is InChI=1S/C25H24N4O3S/c1-2-27-33(31,32)23-15-13-20(14-16-23)25(30)26-17-21-18-29(22-11-7-4-8-12-22)28-24(21)19-9-5-3-6-10-19/h3-16,18,27H,2,17H2,1H3,(H,26,30). The summed E-state index contributed by atoms with van der Waals surface area (Å²) >= 11 is 0. The van der Waals surface area contributed by atoms with Gasteiger partial charge in [0.05, 0.1) is 16.3 Å². The van der Waals surface area contributed by atoms with Crippen LogP contribution in [0.4, 0.5) is 0 Å². The third-order valence-corrected chi connectivity index (χ3v) is 6.62. The maximum atomic E-state index is 12.7. The number of carbonyl (C=O) groups excluding carboxylic acids is 1. The predicted octanol–water partition coefficient (Wildman–Crippen LogP) is 3.77. The third-order valence-electron chi connectivity index (χ3n) is 5.06. The van der Waals surface area contributed by atoms with E-state index in [4.69, 9.17) is 5.10 Å². The fourth-order valence-electron chi connectivity index (χ4n) is 3.43. The van der Waals surface area contributed by atoms with Gasteiger partial charge in [0.25, 0.3) is 5.91 Å². The average molecular weight is 461 g/mol. The van der Waals surface area contributed by atoms with Crippen molar-refractivity contribution in [2.45, 2.75) is 18.4 Å². The number of nitrogens with zero attached hydrogens (tertiary/aromatic N) is 2. The number of aromatic nitrogens is 2. The second kappa shape index (κ2) is 9.81. The molecule has 168 valence electrons. The number of para-hydroxylation sites is 1. The van der Waals surface area contributed by atoms with Crippen molar-refractivity contribution in [2.75, 3.05) is 6.54 Å². The molecule has 0 aliphatic heterocycles. The second-order valence-corrected chi connectivity index (χ2v) is 9.12. The van der Waals surface area contributed by atoms with Gasteiger partial charge < -0.3 is 5.32 Å². The number of rotatable bonds is 8. The monoisotopic (exact) mass is 460 g/mol. The molecule has 1 amide bonds. The van der Waals surface area contributed by atoms with Crippen LogP contribution < -0.4 is 10.0 Å². The van der Waals surface area contributed by atoms with Gasteiger partial charge in [-0.2, -0.15) is 5.10 Å². The SMILES string of the molecule is CCNS(=O)(=O)c1ccc(C(=O)NCc2cn(-c3ccccc3)nc2-c2ccccc2)cc1. The third kappa shape index (κ3) is 5.19. The quantitative estimate of drug-likeness (QED) is 0.419. The van der Waals surface area contributed by atoms with Gasteiger partial charge in [-0.25, -0.2) is 17.8 Å². The van der Waals surface area contributed by atoms with Crippen molar-refractivity contribution in [1.82, 2.24) is 19.8 Å². The molecule has 1 aromatic heterocycles. The first kappa shape index (κ1) is 22.4. The molecule has 0 unspecified atom stereocenters. The highest BCUT2D eigenvalue weighted by molar-refractivity contribution is 7.89. The predicted molar refractivity (Wildman–Crippen MR) is 127 cm³/mol. The van der Waals surface area contributed by atoms with Gasteiger partial charge in [0, 0.05) is 36.0 Å². The van der Waals surface area contributed by atoms with E-state index in [0.29, 0.717) is 12.1 Å². The van der Waals surface area contributed by atoms with Gasteiger partial charge in [-0.15, -0.1) is 0 Å². The fraction of sp³-hybridized carbons (Fsp3) is 0.120. The van der Waals surface area contributed by atoms with Crippen molar-refractivity contribution < 1.29 is 13.2 Å². The summed E-state index contributed by atoms with van der Waals surface area (Å²) in [5.41, 5.74) is 3.90. The Kier molecular flexibility index (Phi) is 6.67. The summed E-state index contributed by atoms with van der Waals surface area (Å²) in [6.07, 6.45) is 1.91. The lowest BCUT2D eigenvalue weighted by Crippen LogP contribution is -2.24. The molecule has 4 aromatic rings. The van der Waals surface area contributed by atoms with E-state index in [1.165, 1.54) is 24.3 Å². The molecule has 0 radical (unpaired) electrons. The smallest absolute Gasteiger partial charge is 0.251 e. The number of hydrogen-bond acceptors (Lipinski definition) is 4. The van der Waals surface area contributed by atoms with E-state index >= 15 is 0 Å². The zero-order valence-corrected chi connectivity index (χ0v) is 18.9. The van der Waals surface area contributed by atoms with Crippen LogP contribution in [-0.4, -0.2) is 30.7 Å². The average Bonchev–Trinajstić information content (AvgIpc) is 3.28. The van der Waals surface area contributed by atoms with Crippen LogP contribution in [0.25, 0.3) is 16.9 Å². The maximum Gasteiger partial charge on any atom is 0.251 e. The molecule has 0 bridgehead atoms. The van der Waals surface area contributed by atoms with E-state index < -0.39 is 10.0 Å². The van der Waals surface area contributed by atoms with Gasteiger partial charge in [0.1, 0.15) is 0 Å². The van der Waals surface area contributed by atoms with Crippen molar-refractivity contribution in [3.05, 3.63) is 102 Å². The first-order chi connectivity index (χ1) is 16.0. The van der Waals surface area contributed by atoms with Gasteiger partial charge in [-0.3, -0.25) is 4.79 Å². The molecule has 4 rings (SSSR count). The number of amides is 1. The molecule has 33 heavy (non-hydrogen) atoms. The summed E-state index contributed by atoms with van der Waals surface area (Å²) in [6, 6.07) is 25.4. The first-order valence-corrected chi connectivity index (χ1v) is 12.0. The molecular weight excluding hydrogens is 436 g/mol. The minimum absolute atomic E-state index is 0.122. The van der Waals surface area contributed by atoms with Gasteiger partial charge in [-0.1, -0.05) is 55.5 Å². The Morgan fingerprint density at radius 2 is 1.55 bits per heavy atom. The topological polar surface area (TPSA) is 93.1 Å². The Bertz CT molecular complexity index is 1330. The lowest BCUT2D eigenvalue weighted by Gasteiger charge is -2.08. The molecule has 0 aliphatic carbocycles. The Morgan fingerprint density at radius 3 is 2.18 bits per heavy atom. The van der Waals surface area contributed by atoms with Gasteiger partial charge in [-0.05, 0) is 36.4 Å². The van der Waals surface area contributed by atoms with E-state index in [9.17, 15) is 13.2 Å². The van der Waals surface area contributed by atoms with Gasteiger partial charge in [0.2, 0.25) is 10.0 Å². The molecule has 0 aliphatic rings. The van der Waals surface area contributed by atoms with Gasteiger partial charge >= 0.3 is 0 Å². The molecule has 0 atom stereocenters. The fourth-order valence-corrected chi connectivity index (χ4v) is 4.47. The molecule has 0 fully saturated rings. The Morgan fingerprint density at radius 1 is 0.909 bits per heavy atom. The van der Waals surface area contributed by atoms with E-state index in [-0.39, 0.29) is 17.3 Å². The van der Waals surface area contributed by atoms with Crippen LogP contribution in [-0.2, 0) is 16.6 Å². The minimum atomic E-state index is -3.56. The van der Waals surface area contributed by atoms with Crippen molar-refractivity contribution in [2.24, 2.45) is 0 Å². The largest absolute Gasteiger partial charge is 0.348 e. The van der Waals surface area contributed by atoms with E-state index in [1.54, 1.807) is 11.6 Å². The lowest BCUT2D eigenvalue weighted by atomic mass is 10.1. The summed E-state index contributed by atoms with van der Waals surface area (Å²) in [4.78, 5) is 12.8. The highest BCUT2D eigenvalue weighted by Crippen LogP contribution is 2.23. The van der Waals surface area contributed by atoms with Crippen LogP contribution in [0.1, 0.15) is 22.8 Å². The number of sulfonamides is 1. The molecule has 8 heteroatoms. The summed E-state index contributed by atoms with van der Waals surface area (Å²) in [5.74, 6) is -0.297. The minimum Gasteiger partial charge on any atom is -0.348 e.